The van der Waals surface area contributed by atoms with E-state index < -0.39 is 6.10 Å². The van der Waals surface area contributed by atoms with Crippen molar-refractivity contribution in [3.05, 3.63) is 24.3 Å². The summed E-state index contributed by atoms with van der Waals surface area (Å²) >= 11 is 0. The highest BCUT2D eigenvalue weighted by molar-refractivity contribution is 5.71. The highest BCUT2D eigenvalue weighted by Gasteiger charge is 2.19. The maximum atomic E-state index is 12.7. The molecule has 0 aromatic rings. The minimum absolute atomic E-state index is 0.0838. The molecule has 0 fully saturated rings. The van der Waals surface area contributed by atoms with Gasteiger partial charge in [-0.05, 0) is 38.5 Å². The van der Waals surface area contributed by atoms with Crippen LogP contribution in [0.4, 0.5) is 0 Å². The van der Waals surface area contributed by atoms with E-state index in [-0.39, 0.29) is 37.5 Å². The summed E-state index contributed by atoms with van der Waals surface area (Å²) in [6.07, 6.45) is 48.8. The third-order valence-corrected chi connectivity index (χ3v) is 10.5. The van der Waals surface area contributed by atoms with E-state index in [0.717, 1.165) is 51.4 Å². The first-order valence-corrected chi connectivity index (χ1v) is 23.8. The SMILES string of the molecule is CCCCCCCC/C=C\C/C=C\CCC(=O)OCC(COC(=O)CCCCCCCCCCCCCC)OC(=O)CCCCCCCCCCCCCC. The summed E-state index contributed by atoms with van der Waals surface area (Å²) in [7, 11) is 0. The molecule has 0 aromatic heterocycles. The van der Waals surface area contributed by atoms with E-state index >= 15 is 0 Å². The van der Waals surface area contributed by atoms with Gasteiger partial charge in [-0.15, -0.1) is 0 Å². The van der Waals surface area contributed by atoms with Crippen molar-refractivity contribution in [2.45, 2.75) is 258 Å². The molecule has 0 saturated heterocycles. The minimum atomic E-state index is -0.785. The third-order valence-electron chi connectivity index (χ3n) is 10.5. The number of hydrogen-bond donors (Lipinski definition) is 0. The molecule has 0 aliphatic rings. The molecule has 0 aromatic carbocycles. The van der Waals surface area contributed by atoms with Crippen molar-refractivity contribution >= 4 is 17.9 Å². The van der Waals surface area contributed by atoms with Gasteiger partial charge in [0.05, 0.1) is 0 Å². The highest BCUT2D eigenvalue weighted by atomic mass is 16.6. The second-order valence-corrected chi connectivity index (χ2v) is 16.0. The normalized spacial score (nSPS) is 12.1. The average Bonchev–Trinajstić information content (AvgIpc) is 3.18. The summed E-state index contributed by atoms with van der Waals surface area (Å²) in [5.74, 6) is -0.947. The van der Waals surface area contributed by atoms with Crippen molar-refractivity contribution in [2.75, 3.05) is 13.2 Å². The predicted octanol–water partition coefficient (Wildman–Crippen LogP) is 15.2. The number of ether oxygens (including phenoxy) is 3. The maximum Gasteiger partial charge on any atom is 0.306 e. The van der Waals surface area contributed by atoms with Crippen LogP contribution in [-0.2, 0) is 28.6 Å². The predicted molar refractivity (Wildman–Crippen MR) is 233 cm³/mol. The van der Waals surface area contributed by atoms with E-state index in [9.17, 15) is 14.4 Å². The number of allylic oxidation sites excluding steroid dienone is 4. The van der Waals surface area contributed by atoms with E-state index in [0.29, 0.717) is 19.3 Å². The van der Waals surface area contributed by atoms with Crippen molar-refractivity contribution in [3.8, 4) is 0 Å². The van der Waals surface area contributed by atoms with Gasteiger partial charge in [0.1, 0.15) is 13.2 Å². The van der Waals surface area contributed by atoms with Crippen molar-refractivity contribution in [3.63, 3.8) is 0 Å². The van der Waals surface area contributed by atoms with E-state index in [1.165, 1.54) is 154 Å². The quantitative estimate of drug-likeness (QED) is 0.0266. The largest absolute Gasteiger partial charge is 0.462 e. The Labute approximate surface area is 341 Å². The Hall–Kier alpha value is -2.11. The lowest BCUT2D eigenvalue weighted by Gasteiger charge is -2.18. The van der Waals surface area contributed by atoms with Crippen LogP contribution >= 0.6 is 0 Å². The number of unbranched alkanes of at least 4 members (excludes halogenated alkanes) is 28. The van der Waals surface area contributed by atoms with Gasteiger partial charge < -0.3 is 14.2 Å². The number of rotatable bonds is 43. The van der Waals surface area contributed by atoms with Crippen molar-refractivity contribution in [2.24, 2.45) is 0 Å². The monoisotopic (exact) mass is 775 g/mol. The van der Waals surface area contributed by atoms with E-state index in [1.807, 2.05) is 6.08 Å². The van der Waals surface area contributed by atoms with Gasteiger partial charge in [-0.1, -0.05) is 218 Å². The zero-order chi connectivity index (χ0) is 40.1. The van der Waals surface area contributed by atoms with E-state index in [1.54, 1.807) is 0 Å². The van der Waals surface area contributed by atoms with Gasteiger partial charge in [-0.25, -0.2) is 0 Å². The lowest BCUT2D eigenvalue weighted by atomic mass is 10.0. The molecular formula is C49H90O6. The van der Waals surface area contributed by atoms with Gasteiger partial charge in [0.25, 0.3) is 0 Å². The lowest BCUT2D eigenvalue weighted by Crippen LogP contribution is -2.30. The molecule has 0 saturated carbocycles. The summed E-state index contributed by atoms with van der Waals surface area (Å²) in [6, 6.07) is 0. The summed E-state index contributed by atoms with van der Waals surface area (Å²) in [5, 5.41) is 0. The Bertz CT molecular complexity index is 896. The highest BCUT2D eigenvalue weighted by Crippen LogP contribution is 2.15. The van der Waals surface area contributed by atoms with Crippen LogP contribution in [-0.4, -0.2) is 37.2 Å². The molecule has 0 radical (unpaired) electrons. The zero-order valence-electron chi connectivity index (χ0n) is 36.7. The minimum Gasteiger partial charge on any atom is -0.462 e. The molecule has 0 bridgehead atoms. The van der Waals surface area contributed by atoms with Gasteiger partial charge in [0.15, 0.2) is 6.10 Å². The molecule has 1 atom stereocenters. The Balaban J connectivity index is 4.41. The molecule has 6 heteroatoms. The van der Waals surface area contributed by atoms with Gasteiger partial charge in [-0.2, -0.15) is 0 Å². The maximum absolute atomic E-state index is 12.7. The fourth-order valence-corrected chi connectivity index (χ4v) is 6.85. The number of carbonyl (C=O) groups is 3. The van der Waals surface area contributed by atoms with Crippen LogP contribution in [0.15, 0.2) is 24.3 Å². The van der Waals surface area contributed by atoms with Crippen LogP contribution < -0.4 is 0 Å². The summed E-state index contributed by atoms with van der Waals surface area (Å²) in [5.41, 5.74) is 0. The molecule has 6 nitrogen and oxygen atoms in total. The second kappa shape index (κ2) is 44.6. The number of esters is 3. The molecule has 0 N–H and O–H groups in total. The second-order valence-electron chi connectivity index (χ2n) is 16.0. The Morgan fingerprint density at radius 2 is 0.691 bits per heavy atom. The van der Waals surface area contributed by atoms with Gasteiger partial charge in [0, 0.05) is 19.3 Å². The topological polar surface area (TPSA) is 78.9 Å². The summed E-state index contributed by atoms with van der Waals surface area (Å²) in [6.45, 7) is 6.58. The van der Waals surface area contributed by atoms with Crippen molar-refractivity contribution < 1.29 is 28.6 Å². The third kappa shape index (κ3) is 42.9. The van der Waals surface area contributed by atoms with Crippen LogP contribution in [0.1, 0.15) is 252 Å². The van der Waals surface area contributed by atoms with Crippen LogP contribution in [0, 0.1) is 0 Å². The van der Waals surface area contributed by atoms with E-state index in [2.05, 4.69) is 39.0 Å². The average molecular weight is 775 g/mol. The Kier molecular flexibility index (Phi) is 42.9. The van der Waals surface area contributed by atoms with Crippen molar-refractivity contribution in [1.82, 2.24) is 0 Å². The van der Waals surface area contributed by atoms with Gasteiger partial charge in [-0.3, -0.25) is 14.4 Å². The molecule has 0 amide bonds. The first-order valence-electron chi connectivity index (χ1n) is 23.8. The van der Waals surface area contributed by atoms with Crippen LogP contribution in [0.25, 0.3) is 0 Å². The number of carbonyl (C=O) groups excluding carboxylic acids is 3. The van der Waals surface area contributed by atoms with Crippen LogP contribution in [0.2, 0.25) is 0 Å². The van der Waals surface area contributed by atoms with Crippen LogP contribution in [0.5, 0.6) is 0 Å². The molecule has 0 spiro atoms. The standard InChI is InChI=1S/C49H90O6/c1-4-7-10-13-16-19-22-25-28-30-33-36-39-42-48(51)54-45-46(55-49(52)43-40-37-34-31-27-24-21-18-15-12-9-6-3)44-53-47(50)41-38-35-32-29-26-23-20-17-14-11-8-5-2/h25,28,33,36,46H,4-24,26-27,29-32,34-35,37-45H2,1-3H3/b28-25-,36-33-. The molecule has 0 aliphatic heterocycles. The zero-order valence-corrected chi connectivity index (χ0v) is 36.7. The summed E-state index contributed by atoms with van der Waals surface area (Å²) < 4.78 is 16.7. The molecule has 0 aliphatic carbocycles. The smallest absolute Gasteiger partial charge is 0.306 e. The molecule has 0 rings (SSSR count). The molecular weight excluding hydrogens is 685 g/mol. The lowest BCUT2D eigenvalue weighted by molar-refractivity contribution is -0.166. The first kappa shape index (κ1) is 52.9. The molecule has 1 unspecified atom stereocenters. The fourth-order valence-electron chi connectivity index (χ4n) is 6.85. The molecule has 322 valence electrons. The van der Waals surface area contributed by atoms with Crippen molar-refractivity contribution in [1.29, 1.82) is 0 Å². The Morgan fingerprint density at radius 3 is 1.11 bits per heavy atom. The fraction of sp³-hybridized carbons (Fsp3) is 0.857. The van der Waals surface area contributed by atoms with Gasteiger partial charge >= 0.3 is 17.9 Å². The van der Waals surface area contributed by atoms with Crippen LogP contribution in [0.3, 0.4) is 0 Å². The molecule has 55 heavy (non-hydrogen) atoms. The van der Waals surface area contributed by atoms with Gasteiger partial charge in [0.2, 0.25) is 0 Å². The van der Waals surface area contributed by atoms with E-state index in [4.69, 9.17) is 14.2 Å². The molecule has 0 heterocycles. The Morgan fingerprint density at radius 1 is 0.364 bits per heavy atom. The summed E-state index contributed by atoms with van der Waals surface area (Å²) in [4.78, 5) is 37.7. The first-order chi connectivity index (χ1) is 27.0. The number of hydrogen-bond acceptors (Lipinski definition) is 6.